The minimum atomic E-state index is 0.139. The molecule has 1 heterocycles. The molecular formula is C14H18ClNS. The van der Waals surface area contributed by atoms with Gasteiger partial charge >= 0.3 is 0 Å². The van der Waals surface area contributed by atoms with Crippen LogP contribution in [-0.2, 0) is 5.41 Å². The van der Waals surface area contributed by atoms with Crippen LogP contribution in [0.4, 0.5) is 0 Å². The predicted molar refractivity (Wildman–Crippen MR) is 72.6 cm³/mol. The smallest absolute Gasteiger partial charge is 0.0931 e. The molecule has 0 aromatic carbocycles. The van der Waals surface area contributed by atoms with Crippen LogP contribution in [-0.4, -0.2) is 5.54 Å². The normalized spacial score (nSPS) is 47.6. The Balaban J connectivity index is 1.79. The van der Waals surface area contributed by atoms with E-state index in [1.807, 2.05) is 0 Å². The van der Waals surface area contributed by atoms with Crippen molar-refractivity contribution in [3.05, 3.63) is 21.3 Å². The molecule has 4 bridgehead atoms. The number of hydrogen-bond donors (Lipinski definition) is 1. The van der Waals surface area contributed by atoms with Gasteiger partial charge < -0.3 is 5.73 Å². The van der Waals surface area contributed by atoms with Gasteiger partial charge in [-0.2, -0.15) is 0 Å². The average Bonchev–Trinajstić information content (AvgIpc) is 2.61. The van der Waals surface area contributed by atoms with E-state index in [2.05, 4.69) is 12.1 Å². The highest BCUT2D eigenvalue weighted by molar-refractivity contribution is 7.16. The van der Waals surface area contributed by atoms with Crippen molar-refractivity contribution in [2.45, 2.75) is 49.5 Å². The summed E-state index contributed by atoms with van der Waals surface area (Å²) in [5.41, 5.74) is 7.15. The Bertz CT molecular complexity index is 453. The average molecular weight is 268 g/mol. The third-order valence-corrected chi connectivity index (χ3v) is 6.68. The van der Waals surface area contributed by atoms with Gasteiger partial charge in [0.25, 0.3) is 0 Å². The lowest BCUT2D eigenvalue weighted by atomic mass is 9.47. The second-order valence-corrected chi connectivity index (χ2v) is 8.42. The molecule has 17 heavy (non-hydrogen) atoms. The fourth-order valence-electron chi connectivity index (χ4n) is 5.22. The van der Waals surface area contributed by atoms with Gasteiger partial charge in [0.05, 0.1) is 4.34 Å². The van der Waals surface area contributed by atoms with Crippen molar-refractivity contribution in [1.82, 2.24) is 0 Å². The highest BCUT2D eigenvalue weighted by atomic mass is 35.5. The summed E-state index contributed by atoms with van der Waals surface area (Å²) in [6, 6.07) is 4.31. The maximum Gasteiger partial charge on any atom is 0.0931 e. The summed E-state index contributed by atoms with van der Waals surface area (Å²) in [7, 11) is 0. The van der Waals surface area contributed by atoms with Gasteiger partial charge in [-0.15, -0.1) is 11.3 Å². The first-order chi connectivity index (χ1) is 8.07. The highest BCUT2D eigenvalue weighted by Gasteiger charge is 2.57. The molecule has 5 rings (SSSR count). The zero-order valence-corrected chi connectivity index (χ0v) is 11.5. The van der Waals surface area contributed by atoms with E-state index in [0.717, 1.165) is 16.2 Å². The molecular weight excluding hydrogens is 250 g/mol. The highest BCUT2D eigenvalue weighted by Crippen LogP contribution is 2.62. The summed E-state index contributed by atoms with van der Waals surface area (Å²) in [5.74, 6) is 1.75. The van der Waals surface area contributed by atoms with E-state index in [1.165, 1.54) is 43.4 Å². The number of nitrogens with two attached hydrogens (primary N) is 1. The van der Waals surface area contributed by atoms with Crippen molar-refractivity contribution in [3.8, 4) is 0 Å². The molecule has 4 aliphatic rings. The first kappa shape index (κ1) is 10.8. The van der Waals surface area contributed by atoms with Crippen LogP contribution >= 0.6 is 22.9 Å². The molecule has 1 aromatic rings. The van der Waals surface area contributed by atoms with E-state index in [9.17, 15) is 0 Å². The van der Waals surface area contributed by atoms with E-state index in [-0.39, 0.29) is 5.54 Å². The number of thiophene rings is 1. The van der Waals surface area contributed by atoms with Gasteiger partial charge in [-0.3, -0.25) is 0 Å². The topological polar surface area (TPSA) is 26.0 Å². The molecule has 0 radical (unpaired) electrons. The van der Waals surface area contributed by atoms with E-state index < -0.39 is 0 Å². The number of rotatable bonds is 1. The zero-order chi connectivity index (χ0) is 11.7. The van der Waals surface area contributed by atoms with Crippen molar-refractivity contribution in [2.75, 3.05) is 0 Å². The van der Waals surface area contributed by atoms with Crippen LogP contribution in [0, 0.1) is 11.8 Å². The molecule has 0 amide bonds. The van der Waals surface area contributed by atoms with Gasteiger partial charge in [-0.05, 0) is 62.5 Å². The Hall–Kier alpha value is -0.0500. The minimum absolute atomic E-state index is 0.139. The monoisotopic (exact) mass is 267 g/mol. The minimum Gasteiger partial charge on any atom is -0.325 e. The molecule has 1 aromatic heterocycles. The second kappa shape index (κ2) is 3.28. The predicted octanol–water partition coefficient (Wildman–Crippen LogP) is 3.95. The van der Waals surface area contributed by atoms with Gasteiger partial charge in [0.15, 0.2) is 0 Å². The van der Waals surface area contributed by atoms with Crippen LogP contribution in [0.1, 0.15) is 43.4 Å². The molecule has 2 unspecified atom stereocenters. The van der Waals surface area contributed by atoms with Crippen molar-refractivity contribution in [3.63, 3.8) is 0 Å². The Morgan fingerprint density at radius 3 is 2.41 bits per heavy atom. The number of hydrogen-bond acceptors (Lipinski definition) is 2. The van der Waals surface area contributed by atoms with Crippen molar-refractivity contribution in [2.24, 2.45) is 17.6 Å². The summed E-state index contributed by atoms with van der Waals surface area (Å²) in [6.45, 7) is 0. The van der Waals surface area contributed by atoms with E-state index in [4.69, 9.17) is 17.3 Å². The van der Waals surface area contributed by atoms with Gasteiger partial charge in [0, 0.05) is 15.8 Å². The summed E-state index contributed by atoms with van der Waals surface area (Å²) in [4.78, 5) is 1.51. The summed E-state index contributed by atoms with van der Waals surface area (Å²) < 4.78 is 0.932. The lowest BCUT2D eigenvalue weighted by molar-refractivity contribution is -0.0211. The van der Waals surface area contributed by atoms with Crippen LogP contribution in [0.3, 0.4) is 0 Å². The Kier molecular flexibility index (Phi) is 2.09. The van der Waals surface area contributed by atoms with Crippen molar-refractivity contribution < 1.29 is 0 Å². The molecule has 2 N–H and O–H groups in total. The quantitative estimate of drug-likeness (QED) is 0.819. The molecule has 0 spiro atoms. The van der Waals surface area contributed by atoms with E-state index in [1.54, 1.807) is 11.3 Å². The largest absolute Gasteiger partial charge is 0.325 e. The van der Waals surface area contributed by atoms with E-state index in [0.29, 0.717) is 5.41 Å². The SMILES string of the molecule is NC12CC3CC(C1)CC(c1ccc(Cl)s1)(C3)C2. The lowest BCUT2D eigenvalue weighted by Crippen LogP contribution is -2.61. The third-order valence-electron chi connectivity index (χ3n) is 5.20. The zero-order valence-electron chi connectivity index (χ0n) is 9.92. The standard InChI is InChI=1S/C14H18ClNS/c15-12-2-1-11(17-12)13-4-9-3-10(5-13)7-14(16,6-9)8-13/h1-2,9-10H,3-8,16H2. The molecule has 4 fully saturated rings. The first-order valence-corrected chi connectivity index (χ1v) is 7.81. The molecule has 1 nitrogen and oxygen atoms in total. The first-order valence-electron chi connectivity index (χ1n) is 6.62. The van der Waals surface area contributed by atoms with Gasteiger partial charge in [0.1, 0.15) is 0 Å². The Morgan fingerprint density at radius 2 is 1.88 bits per heavy atom. The van der Waals surface area contributed by atoms with Crippen LogP contribution in [0.25, 0.3) is 0 Å². The second-order valence-electron chi connectivity index (χ2n) is 6.71. The van der Waals surface area contributed by atoms with Crippen LogP contribution in [0.15, 0.2) is 12.1 Å². The molecule has 0 aliphatic heterocycles. The Labute approximate surface area is 111 Å². The maximum absolute atomic E-state index is 6.62. The van der Waals surface area contributed by atoms with E-state index >= 15 is 0 Å². The fourth-order valence-corrected chi connectivity index (χ4v) is 6.47. The maximum atomic E-state index is 6.62. The molecule has 2 atom stereocenters. The van der Waals surface area contributed by atoms with Gasteiger partial charge in [0.2, 0.25) is 0 Å². The molecule has 4 aliphatic carbocycles. The van der Waals surface area contributed by atoms with Gasteiger partial charge in [-0.1, -0.05) is 11.6 Å². The summed E-state index contributed by atoms with van der Waals surface area (Å²) in [6.07, 6.45) is 7.89. The van der Waals surface area contributed by atoms with Crippen LogP contribution < -0.4 is 5.73 Å². The van der Waals surface area contributed by atoms with Crippen LogP contribution in [0.2, 0.25) is 4.34 Å². The lowest BCUT2D eigenvalue weighted by Gasteiger charge is -2.60. The van der Waals surface area contributed by atoms with Crippen molar-refractivity contribution >= 4 is 22.9 Å². The molecule has 0 saturated heterocycles. The van der Waals surface area contributed by atoms with Crippen molar-refractivity contribution in [1.29, 1.82) is 0 Å². The number of halogens is 1. The molecule has 3 heteroatoms. The third kappa shape index (κ3) is 1.54. The molecule has 92 valence electrons. The summed E-state index contributed by atoms with van der Waals surface area (Å²) in [5, 5.41) is 0. The summed E-state index contributed by atoms with van der Waals surface area (Å²) >= 11 is 7.91. The van der Waals surface area contributed by atoms with Gasteiger partial charge in [-0.25, -0.2) is 0 Å². The Morgan fingerprint density at radius 1 is 1.18 bits per heavy atom. The fraction of sp³-hybridized carbons (Fsp3) is 0.714. The van der Waals surface area contributed by atoms with Crippen LogP contribution in [0.5, 0.6) is 0 Å². The molecule has 4 saturated carbocycles.